The third-order valence-corrected chi connectivity index (χ3v) is 4.66. The Bertz CT molecular complexity index is 841. The van der Waals surface area contributed by atoms with Crippen molar-refractivity contribution in [1.29, 1.82) is 0 Å². The molecule has 0 bridgehead atoms. The molecule has 0 fully saturated rings. The lowest BCUT2D eigenvalue weighted by molar-refractivity contribution is 0.301. The molecule has 0 unspecified atom stereocenters. The van der Waals surface area contributed by atoms with Gasteiger partial charge < -0.3 is 15.4 Å². The summed E-state index contributed by atoms with van der Waals surface area (Å²) < 4.78 is 5.84. The van der Waals surface area contributed by atoms with E-state index in [1.54, 1.807) is 17.5 Å². The first-order valence-corrected chi connectivity index (χ1v) is 9.87. The molecule has 0 aliphatic rings. The van der Waals surface area contributed by atoms with Crippen LogP contribution in [0.1, 0.15) is 23.1 Å². The molecule has 2 N–H and O–H groups in total. The maximum absolute atomic E-state index is 5.84. The van der Waals surface area contributed by atoms with Gasteiger partial charge in [0.15, 0.2) is 5.96 Å². The molecule has 28 heavy (non-hydrogen) atoms. The summed E-state index contributed by atoms with van der Waals surface area (Å²) in [7, 11) is 0. The Morgan fingerprint density at radius 1 is 1.11 bits per heavy atom. The van der Waals surface area contributed by atoms with Crippen molar-refractivity contribution in [2.75, 3.05) is 6.54 Å². The van der Waals surface area contributed by atoms with Crippen LogP contribution in [-0.4, -0.2) is 17.5 Å². The Kier molecular flexibility index (Phi) is 9.78. The smallest absolute Gasteiger partial charge is 0.191 e. The fourth-order valence-electron chi connectivity index (χ4n) is 2.47. The number of guanidine groups is 1. The van der Waals surface area contributed by atoms with E-state index in [1.807, 2.05) is 36.4 Å². The van der Waals surface area contributed by atoms with Crippen LogP contribution in [0.15, 0.2) is 71.2 Å². The maximum Gasteiger partial charge on any atom is 0.191 e. The molecule has 3 rings (SSSR count). The monoisotopic (exact) mass is 508 g/mol. The van der Waals surface area contributed by atoms with Crippen molar-refractivity contribution in [1.82, 2.24) is 15.6 Å². The van der Waals surface area contributed by atoms with Gasteiger partial charge in [-0.25, -0.2) is 4.99 Å². The van der Waals surface area contributed by atoms with E-state index < -0.39 is 0 Å². The fraction of sp³-hybridized carbons (Fsp3) is 0.238. The summed E-state index contributed by atoms with van der Waals surface area (Å²) in [5.41, 5.74) is 2.01. The number of aliphatic imine (C=N–C) groups is 1. The minimum absolute atomic E-state index is 0. The quantitative estimate of drug-likeness (QED) is 0.266. The molecular formula is C21H25IN4OS. The average molecular weight is 508 g/mol. The van der Waals surface area contributed by atoms with Crippen LogP contribution in [-0.2, 0) is 19.7 Å². The number of benzene rings is 1. The van der Waals surface area contributed by atoms with Gasteiger partial charge in [-0.05, 0) is 48.2 Å². The van der Waals surface area contributed by atoms with Gasteiger partial charge in [0.2, 0.25) is 0 Å². The van der Waals surface area contributed by atoms with Gasteiger partial charge in [-0.15, -0.1) is 35.3 Å². The number of hydrogen-bond acceptors (Lipinski definition) is 4. The van der Waals surface area contributed by atoms with Crippen LogP contribution in [0, 0.1) is 0 Å². The Hall–Kier alpha value is -2.13. The molecule has 0 spiro atoms. The number of nitrogens with zero attached hydrogens (tertiary/aromatic N) is 2. The minimum Gasteiger partial charge on any atom is -0.487 e. The molecule has 3 aromatic rings. The van der Waals surface area contributed by atoms with Crippen LogP contribution in [0.3, 0.4) is 0 Å². The zero-order chi connectivity index (χ0) is 18.7. The van der Waals surface area contributed by atoms with E-state index in [2.05, 4.69) is 51.1 Å². The summed E-state index contributed by atoms with van der Waals surface area (Å²) in [5, 5.41) is 8.73. The highest BCUT2D eigenvalue weighted by atomic mass is 127. The molecule has 148 valence electrons. The van der Waals surface area contributed by atoms with Gasteiger partial charge in [0.25, 0.3) is 0 Å². The number of thiophene rings is 1. The number of hydrogen-bond donors (Lipinski definition) is 2. The molecule has 0 aliphatic carbocycles. The summed E-state index contributed by atoms with van der Waals surface area (Å²) >= 11 is 1.74. The van der Waals surface area contributed by atoms with Crippen molar-refractivity contribution in [3.05, 3.63) is 82.3 Å². The molecule has 2 aromatic heterocycles. The standard InChI is InChI=1S/C21H24N4OS.HI/c1-2-22-21(25-15-20-10-6-12-27-20)24-14-17-7-5-9-19(13-17)26-16-18-8-3-4-11-23-18;/h3-13H,2,14-16H2,1H3,(H2,22,24,25);1H. The first kappa shape index (κ1) is 22.2. The molecule has 2 heterocycles. The normalized spacial score (nSPS) is 10.8. The van der Waals surface area contributed by atoms with Crippen molar-refractivity contribution >= 4 is 41.3 Å². The number of rotatable bonds is 8. The molecule has 0 amide bonds. The van der Waals surface area contributed by atoms with E-state index in [9.17, 15) is 0 Å². The average Bonchev–Trinajstić information content (AvgIpc) is 3.23. The summed E-state index contributed by atoms with van der Waals surface area (Å²) in [6, 6.07) is 18.0. The van der Waals surface area contributed by atoms with Gasteiger partial charge in [0, 0.05) is 17.6 Å². The largest absolute Gasteiger partial charge is 0.487 e. The van der Waals surface area contributed by atoms with Gasteiger partial charge >= 0.3 is 0 Å². The Balaban J connectivity index is 0.00000280. The number of aromatic nitrogens is 1. The maximum atomic E-state index is 5.84. The molecule has 5 nitrogen and oxygen atoms in total. The Morgan fingerprint density at radius 3 is 2.79 bits per heavy atom. The summed E-state index contributed by atoms with van der Waals surface area (Å²) in [6.45, 7) is 4.70. The van der Waals surface area contributed by atoms with Gasteiger partial charge in [0.1, 0.15) is 12.4 Å². The highest BCUT2D eigenvalue weighted by Gasteiger charge is 2.01. The second-order valence-electron chi connectivity index (χ2n) is 5.89. The number of ether oxygens (including phenoxy) is 1. The SMILES string of the molecule is CCNC(=NCc1cccc(OCc2ccccn2)c1)NCc1cccs1.I. The number of pyridine rings is 1. The molecule has 7 heteroatoms. The molecule has 0 radical (unpaired) electrons. The number of halogens is 1. The predicted octanol–water partition coefficient (Wildman–Crippen LogP) is 4.60. The van der Waals surface area contributed by atoms with E-state index in [0.29, 0.717) is 13.2 Å². The highest BCUT2D eigenvalue weighted by Crippen LogP contribution is 2.15. The molecule has 1 aromatic carbocycles. The molecule has 0 atom stereocenters. The highest BCUT2D eigenvalue weighted by molar-refractivity contribution is 14.0. The molecule has 0 saturated heterocycles. The molecular weight excluding hydrogens is 483 g/mol. The van der Waals surface area contributed by atoms with Crippen LogP contribution in [0.2, 0.25) is 0 Å². The lowest BCUT2D eigenvalue weighted by atomic mass is 10.2. The van der Waals surface area contributed by atoms with Crippen LogP contribution in [0.4, 0.5) is 0 Å². The van der Waals surface area contributed by atoms with Crippen molar-refractivity contribution in [2.24, 2.45) is 4.99 Å². The third-order valence-electron chi connectivity index (χ3n) is 3.79. The van der Waals surface area contributed by atoms with Gasteiger partial charge in [-0.3, -0.25) is 4.98 Å². The molecule has 0 aliphatic heterocycles. The van der Waals surface area contributed by atoms with E-state index in [4.69, 9.17) is 4.74 Å². The summed E-state index contributed by atoms with van der Waals surface area (Å²) in [6.07, 6.45) is 1.77. The summed E-state index contributed by atoms with van der Waals surface area (Å²) in [4.78, 5) is 10.2. The second kappa shape index (κ2) is 12.4. The van der Waals surface area contributed by atoms with E-state index in [-0.39, 0.29) is 24.0 Å². The van der Waals surface area contributed by atoms with Crippen LogP contribution >= 0.6 is 35.3 Å². The zero-order valence-electron chi connectivity index (χ0n) is 15.8. The fourth-order valence-corrected chi connectivity index (χ4v) is 3.12. The van der Waals surface area contributed by atoms with Crippen LogP contribution in [0.5, 0.6) is 5.75 Å². The van der Waals surface area contributed by atoms with Gasteiger partial charge in [-0.2, -0.15) is 0 Å². The predicted molar refractivity (Wildman–Crippen MR) is 126 cm³/mol. The lowest BCUT2D eigenvalue weighted by Crippen LogP contribution is -2.36. The van der Waals surface area contributed by atoms with Crippen molar-refractivity contribution in [3.8, 4) is 5.75 Å². The number of nitrogens with one attached hydrogen (secondary N) is 2. The Labute approximate surface area is 187 Å². The van der Waals surface area contributed by atoms with Crippen LogP contribution in [0.25, 0.3) is 0 Å². The van der Waals surface area contributed by atoms with E-state index in [0.717, 1.165) is 36.1 Å². The van der Waals surface area contributed by atoms with Crippen molar-refractivity contribution in [2.45, 2.75) is 26.6 Å². The topological polar surface area (TPSA) is 58.5 Å². The molecule has 0 saturated carbocycles. The van der Waals surface area contributed by atoms with Crippen LogP contribution < -0.4 is 15.4 Å². The zero-order valence-corrected chi connectivity index (χ0v) is 18.9. The summed E-state index contributed by atoms with van der Waals surface area (Å²) in [5.74, 6) is 1.63. The van der Waals surface area contributed by atoms with Gasteiger partial charge in [0.05, 0.1) is 18.8 Å². The lowest BCUT2D eigenvalue weighted by Gasteiger charge is -2.11. The Morgan fingerprint density at radius 2 is 2.04 bits per heavy atom. The van der Waals surface area contributed by atoms with E-state index in [1.165, 1.54) is 4.88 Å². The van der Waals surface area contributed by atoms with Crippen molar-refractivity contribution < 1.29 is 4.74 Å². The van der Waals surface area contributed by atoms with Gasteiger partial charge in [-0.1, -0.05) is 24.3 Å². The first-order valence-electron chi connectivity index (χ1n) is 8.99. The minimum atomic E-state index is 0. The first-order chi connectivity index (χ1) is 13.3. The second-order valence-corrected chi connectivity index (χ2v) is 6.92. The third kappa shape index (κ3) is 7.47. The van der Waals surface area contributed by atoms with Crippen molar-refractivity contribution in [3.63, 3.8) is 0 Å². The van der Waals surface area contributed by atoms with E-state index >= 15 is 0 Å².